The van der Waals surface area contributed by atoms with E-state index in [9.17, 15) is 9.59 Å². The molecule has 0 heterocycles. The summed E-state index contributed by atoms with van der Waals surface area (Å²) in [5.74, 6) is -0.161. The number of benzene rings is 2. The summed E-state index contributed by atoms with van der Waals surface area (Å²) in [4.78, 5) is 25.9. The van der Waals surface area contributed by atoms with Crippen molar-refractivity contribution in [2.45, 2.75) is 34.1 Å². The summed E-state index contributed by atoms with van der Waals surface area (Å²) in [5, 5.41) is 2.90. The van der Waals surface area contributed by atoms with E-state index < -0.39 is 0 Å². The molecule has 4 heteroatoms. The molecule has 0 aliphatic carbocycles. The van der Waals surface area contributed by atoms with E-state index in [0.717, 1.165) is 28.1 Å². The Morgan fingerprint density at radius 3 is 2.33 bits per heavy atom. The fraction of sp³-hybridized carbons (Fsp3) is 0.300. The number of nitrogens with zero attached hydrogens (tertiary/aromatic N) is 1. The van der Waals surface area contributed by atoms with Gasteiger partial charge in [0.25, 0.3) is 0 Å². The van der Waals surface area contributed by atoms with Gasteiger partial charge in [-0.05, 0) is 44.0 Å². The van der Waals surface area contributed by atoms with Crippen molar-refractivity contribution in [2.75, 3.05) is 16.8 Å². The number of carbonyl (C=O) groups is 2. The molecule has 126 valence electrons. The molecule has 0 aliphatic rings. The molecule has 0 fully saturated rings. The molecule has 0 radical (unpaired) electrons. The van der Waals surface area contributed by atoms with Crippen molar-refractivity contribution in [2.24, 2.45) is 0 Å². The van der Waals surface area contributed by atoms with Gasteiger partial charge < -0.3 is 10.2 Å². The molecule has 0 spiro atoms. The average molecular weight is 324 g/mol. The summed E-state index contributed by atoms with van der Waals surface area (Å²) in [7, 11) is 0. The normalized spacial score (nSPS) is 10.3. The Balaban J connectivity index is 2.05. The van der Waals surface area contributed by atoms with Crippen LogP contribution in [0.5, 0.6) is 0 Å². The fourth-order valence-corrected chi connectivity index (χ4v) is 2.69. The van der Waals surface area contributed by atoms with Crippen LogP contribution in [0.3, 0.4) is 0 Å². The predicted molar refractivity (Wildman–Crippen MR) is 98.4 cm³/mol. The van der Waals surface area contributed by atoms with E-state index in [-0.39, 0.29) is 18.2 Å². The summed E-state index contributed by atoms with van der Waals surface area (Å²) in [6.45, 7) is 7.83. The van der Waals surface area contributed by atoms with Crippen LogP contribution in [0.25, 0.3) is 0 Å². The zero-order chi connectivity index (χ0) is 17.7. The Morgan fingerprint density at radius 1 is 1.00 bits per heavy atom. The topological polar surface area (TPSA) is 49.4 Å². The molecule has 0 bridgehead atoms. The maximum Gasteiger partial charge on any atom is 0.226 e. The summed E-state index contributed by atoms with van der Waals surface area (Å²) in [6, 6.07) is 13.6. The minimum absolute atomic E-state index is 0.0642. The highest BCUT2D eigenvalue weighted by molar-refractivity contribution is 5.95. The van der Waals surface area contributed by atoms with Crippen molar-refractivity contribution in [1.29, 1.82) is 0 Å². The molecular weight excluding hydrogens is 300 g/mol. The Hall–Kier alpha value is -2.62. The van der Waals surface area contributed by atoms with E-state index in [4.69, 9.17) is 0 Å². The van der Waals surface area contributed by atoms with Crippen LogP contribution in [0, 0.1) is 20.8 Å². The van der Waals surface area contributed by atoms with E-state index >= 15 is 0 Å². The zero-order valence-corrected chi connectivity index (χ0v) is 14.7. The maximum atomic E-state index is 12.2. The van der Waals surface area contributed by atoms with E-state index in [1.165, 1.54) is 6.92 Å². The third kappa shape index (κ3) is 4.44. The van der Waals surface area contributed by atoms with E-state index in [0.29, 0.717) is 6.54 Å². The van der Waals surface area contributed by atoms with Gasteiger partial charge in [-0.25, -0.2) is 0 Å². The lowest BCUT2D eigenvalue weighted by molar-refractivity contribution is -0.117. The Morgan fingerprint density at radius 2 is 1.71 bits per heavy atom. The summed E-state index contributed by atoms with van der Waals surface area (Å²) >= 11 is 0. The monoisotopic (exact) mass is 324 g/mol. The highest BCUT2D eigenvalue weighted by atomic mass is 16.2. The van der Waals surface area contributed by atoms with Crippen LogP contribution in [0.4, 0.5) is 11.4 Å². The van der Waals surface area contributed by atoms with Crippen LogP contribution in [-0.2, 0) is 9.59 Å². The highest BCUT2D eigenvalue weighted by Crippen LogP contribution is 2.22. The Labute approximate surface area is 143 Å². The minimum atomic E-state index is -0.0969. The van der Waals surface area contributed by atoms with E-state index in [2.05, 4.69) is 5.32 Å². The molecular formula is C20H24N2O2. The van der Waals surface area contributed by atoms with Crippen molar-refractivity contribution in [3.8, 4) is 0 Å². The van der Waals surface area contributed by atoms with Crippen molar-refractivity contribution in [3.63, 3.8) is 0 Å². The van der Waals surface area contributed by atoms with Gasteiger partial charge >= 0.3 is 0 Å². The number of nitrogens with one attached hydrogen (secondary N) is 1. The number of anilines is 2. The van der Waals surface area contributed by atoms with Crippen molar-refractivity contribution in [3.05, 3.63) is 59.2 Å². The summed E-state index contributed by atoms with van der Waals surface area (Å²) in [6.07, 6.45) is 0.251. The van der Waals surface area contributed by atoms with Gasteiger partial charge in [0.05, 0.1) is 0 Å². The molecule has 2 aromatic rings. The predicted octanol–water partition coefficient (Wildman–Crippen LogP) is 3.99. The van der Waals surface area contributed by atoms with Gasteiger partial charge in [0, 0.05) is 31.3 Å². The van der Waals surface area contributed by atoms with Gasteiger partial charge in [0.15, 0.2) is 0 Å². The largest absolute Gasteiger partial charge is 0.326 e. The second-order valence-corrected chi connectivity index (χ2v) is 6.07. The number of amides is 2. The van der Waals surface area contributed by atoms with Crippen molar-refractivity contribution in [1.82, 2.24) is 0 Å². The first kappa shape index (κ1) is 17.7. The minimum Gasteiger partial charge on any atom is -0.326 e. The van der Waals surface area contributed by atoms with E-state index in [1.807, 2.05) is 63.2 Å². The number of rotatable bonds is 5. The quantitative estimate of drug-likeness (QED) is 0.904. The van der Waals surface area contributed by atoms with Crippen molar-refractivity contribution < 1.29 is 9.59 Å². The van der Waals surface area contributed by atoms with Crippen LogP contribution in [-0.4, -0.2) is 18.4 Å². The molecule has 0 saturated carbocycles. The molecule has 2 aromatic carbocycles. The van der Waals surface area contributed by atoms with Crippen molar-refractivity contribution >= 4 is 23.2 Å². The maximum absolute atomic E-state index is 12.2. The number of hydrogen-bond acceptors (Lipinski definition) is 2. The molecule has 0 aromatic heterocycles. The number of carbonyl (C=O) groups excluding carboxylic acids is 2. The molecule has 0 unspecified atom stereocenters. The van der Waals surface area contributed by atoms with Crippen LogP contribution in [0.1, 0.15) is 30.0 Å². The number of aryl methyl sites for hydroxylation is 3. The Kier molecular flexibility index (Phi) is 5.74. The van der Waals surface area contributed by atoms with Gasteiger partial charge in [-0.15, -0.1) is 0 Å². The standard InChI is InChI=1S/C20H24N2O2/c1-14-9-10-19(16(3)13-14)22(17(4)23)12-11-20(24)21-18-8-6-5-7-15(18)2/h5-10,13H,11-12H2,1-4H3,(H,21,24). The fourth-order valence-electron chi connectivity index (χ4n) is 2.69. The molecule has 24 heavy (non-hydrogen) atoms. The summed E-state index contributed by atoms with van der Waals surface area (Å²) in [5.41, 5.74) is 4.87. The zero-order valence-electron chi connectivity index (χ0n) is 14.7. The van der Waals surface area contributed by atoms with Gasteiger partial charge in [0.2, 0.25) is 11.8 Å². The second-order valence-electron chi connectivity index (χ2n) is 6.07. The highest BCUT2D eigenvalue weighted by Gasteiger charge is 2.15. The third-order valence-corrected chi connectivity index (χ3v) is 4.00. The lowest BCUT2D eigenvalue weighted by Crippen LogP contribution is -2.32. The molecule has 4 nitrogen and oxygen atoms in total. The van der Waals surface area contributed by atoms with Gasteiger partial charge in [0.1, 0.15) is 0 Å². The molecule has 0 aliphatic heterocycles. The second kappa shape index (κ2) is 7.77. The summed E-state index contributed by atoms with van der Waals surface area (Å²) < 4.78 is 0. The first-order chi connectivity index (χ1) is 11.4. The average Bonchev–Trinajstić information content (AvgIpc) is 2.51. The molecule has 0 saturated heterocycles. The first-order valence-corrected chi connectivity index (χ1v) is 8.09. The van der Waals surface area contributed by atoms with Crippen LogP contribution in [0.2, 0.25) is 0 Å². The lowest BCUT2D eigenvalue weighted by atomic mass is 10.1. The number of para-hydroxylation sites is 1. The van der Waals surface area contributed by atoms with Crippen LogP contribution in [0.15, 0.2) is 42.5 Å². The Bertz CT molecular complexity index is 753. The van der Waals surface area contributed by atoms with Crippen LogP contribution < -0.4 is 10.2 Å². The van der Waals surface area contributed by atoms with Gasteiger partial charge in [-0.3, -0.25) is 9.59 Å². The molecule has 2 rings (SSSR count). The molecule has 2 amide bonds. The first-order valence-electron chi connectivity index (χ1n) is 8.09. The van der Waals surface area contributed by atoms with Crippen LogP contribution >= 0.6 is 0 Å². The third-order valence-electron chi connectivity index (χ3n) is 4.00. The van der Waals surface area contributed by atoms with E-state index in [1.54, 1.807) is 4.90 Å². The van der Waals surface area contributed by atoms with Gasteiger partial charge in [-0.1, -0.05) is 35.9 Å². The number of hydrogen-bond donors (Lipinski definition) is 1. The lowest BCUT2D eigenvalue weighted by Gasteiger charge is -2.23. The smallest absolute Gasteiger partial charge is 0.226 e. The van der Waals surface area contributed by atoms with Gasteiger partial charge in [-0.2, -0.15) is 0 Å². The molecule has 0 atom stereocenters. The molecule has 1 N–H and O–H groups in total. The SMILES string of the molecule is CC(=O)N(CCC(=O)Nc1ccccc1C)c1ccc(C)cc1C.